The van der Waals surface area contributed by atoms with E-state index in [4.69, 9.17) is 5.11 Å². The molecule has 1 atom stereocenters. The van der Waals surface area contributed by atoms with Gasteiger partial charge in [-0.3, -0.25) is 9.36 Å². The highest BCUT2D eigenvalue weighted by atomic mass is 16.3. The van der Waals surface area contributed by atoms with Crippen LogP contribution in [0.4, 0.5) is 0 Å². The summed E-state index contributed by atoms with van der Waals surface area (Å²) in [5, 5.41) is 9.04. The second-order valence-corrected chi connectivity index (χ2v) is 3.34. The van der Waals surface area contributed by atoms with Gasteiger partial charge in [-0.2, -0.15) is 0 Å². The van der Waals surface area contributed by atoms with Crippen LogP contribution in [0.2, 0.25) is 0 Å². The largest absolute Gasteiger partial charge is 0.393 e. The molecule has 1 aromatic heterocycles. The highest BCUT2D eigenvalue weighted by Gasteiger charge is 2.03. The number of aliphatic hydroxyl groups is 1. The fourth-order valence-corrected chi connectivity index (χ4v) is 1.14. The first-order chi connectivity index (χ1) is 6.52. The maximum Gasteiger partial charge on any atom is 0.330 e. The molecule has 78 valence electrons. The van der Waals surface area contributed by atoms with Crippen molar-refractivity contribution < 1.29 is 5.11 Å². The number of rotatable bonds is 3. The Morgan fingerprint density at radius 1 is 1.50 bits per heavy atom. The number of hydrogen-bond acceptors (Lipinski definition) is 3. The Hall–Kier alpha value is -1.36. The van der Waals surface area contributed by atoms with Gasteiger partial charge in [0.2, 0.25) is 0 Å². The summed E-state index contributed by atoms with van der Waals surface area (Å²) in [4.78, 5) is 22.7. The van der Waals surface area contributed by atoms with E-state index in [2.05, 4.69) is 0 Å². The molecular formula is C9H14N2O3. The summed E-state index contributed by atoms with van der Waals surface area (Å²) in [7, 11) is 1.58. The molecule has 0 fully saturated rings. The first kappa shape index (κ1) is 10.7. The number of aliphatic hydroxyl groups excluding tert-OH is 1. The van der Waals surface area contributed by atoms with Gasteiger partial charge in [-0.05, 0) is 13.3 Å². The molecule has 5 heteroatoms. The van der Waals surface area contributed by atoms with E-state index in [0.29, 0.717) is 6.42 Å². The van der Waals surface area contributed by atoms with Crippen molar-refractivity contribution in [3.8, 4) is 0 Å². The molecule has 0 aliphatic rings. The Bertz CT molecular complexity index is 417. The van der Waals surface area contributed by atoms with Crippen molar-refractivity contribution >= 4 is 0 Å². The van der Waals surface area contributed by atoms with Gasteiger partial charge in [0.25, 0.3) is 5.56 Å². The zero-order chi connectivity index (χ0) is 10.7. The molecule has 0 aliphatic heterocycles. The van der Waals surface area contributed by atoms with E-state index in [1.54, 1.807) is 14.0 Å². The third kappa shape index (κ3) is 2.32. The van der Waals surface area contributed by atoms with E-state index in [1.807, 2.05) is 0 Å². The van der Waals surface area contributed by atoms with Crippen LogP contribution in [0.25, 0.3) is 0 Å². The van der Waals surface area contributed by atoms with Crippen LogP contribution in [-0.4, -0.2) is 20.3 Å². The van der Waals surface area contributed by atoms with Gasteiger partial charge in [0.1, 0.15) is 0 Å². The summed E-state index contributed by atoms with van der Waals surface area (Å²) < 4.78 is 2.45. The van der Waals surface area contributed by atoms with Gasteiger partial charge in [-0.25, -0.2) is 4.79 Å². The van der Waals surface area contributed by atoms with E-state index >= 15 is 0 Å². The van der Waals surface area contributed by atoms with Crippen molar-refractivity contribution in [3.63, 3.8) is 0 Å². The number of hydrogen-bond donors (Lipinski definition) is 1. The lowest BCUT2D eigenvalue weighted by atomic mass is 10.3. The van der Waals surface area contributed by atoms with Crippen LogP contribution in [0, 0.1) is 0 Å². The fourth-order valence-electron chi connectivity index (χ4n) is 1.14. The summed E-state index contributed by atoms with van der Waals surface area (Å²) in [5.74, 6) is 0. The maximum atomic E-state index is 11.4. The first-order valence-electron chi connectivity index (χ1n) is 4.47. The lowest BCUT2D eigenvalue weighted by Gasteiger charge is -2.07. The van der Waals surface area contributed by atoms with Gasteiger partial charge < -0.3 is 9.67 Å². The van der Waals surface area contributed by atoms with Crippen molar-refractivity contribution in [2.75, 3.05) is 0 Å². The third-order valence-corrected chi connectivity index (χ3v) is 2.01. The molecule has 0 saturated heterocycles. The smallest absolute Gasteiger partial charge is 0.330 e. The number of aromatic nitrogens is 2. The van der Waals surface area contributed by atoms with Crippen molar-refractivity contribution in [3.05, 3.63) is 33.1 Å². The summed E-state index contributed by atoms with van der Waals surface area (Å²) in [6.45, 7) is 1.88. The second-order valence-electron chi connectivity index (χ2n) is 3.34. The average molecular weight is 198 g/mol. The predicted octanol–water partition coefficient (Wildman–Crippen LogP) is -0.682. The summed E-state index contributed by atoms with van der Waals surface area (Å²) in [6.07, 6.45) is 1.33. The van der Waals surface area contributed by atoms with Crippen LogP contribution in [-0.2, 0) is 13.6 Å². The summed E-state index contributed by atoms with van der Waals surface area (Å²) in [5.41, 5.74) is -0.674. The zero-order valence-corrected chi connectivity index (χ0v) is 8.30. The number of aryl methyl sites for hydroxylation is 1. The molecule has 0 spiro atoms. The SMILES string of the molecule is CC(O)CCn1c(=O)ccn(C)c1=O. The lowest BCUT2D eigenvalue weighted by molar-refractivity contribution is 0.176. The molecule has 1 N–H and O–H groups in total. The van der Waals surface area contributed by atoms with Gasteiger partial charge >= 0.3 is 5.69 Å². The molecule has 1 rings (SSSR count). The summed E-state index contributed by atoms with van der Waals surface area (Å²) in [6, 6.07) is 1.34. The zero-order valence-electron chi connectivity index (χ0n) is 8.30. The van der Waals surface area contributed by atoms with Crippen molar-refractivity contribution in [1.29, 1.82) is 0 Å². The van der Waals surface area contributed by atoms with Crippen LogP contribution >= 0.6 is 0 Å². The minimum Gasteiger partial charge on any atom is -0.393 e. The molecule has 14 heavy (non-hydrogen) atoms. The standard InChI is InChI=1S/C9H14N2O3/c1-7(12)3-6-11-8(13)4-5-10(2)9(11)14/h4-5,7,12H,3,6H2,1-2H3. The van der Waals surface area contributed by atoms with Gasteiger partial charge in [-0.1, -0.05) is 0 Å². The van der Waals surface area contributed by atoms with Gasteiger partial charge in [-0.15, -0.1) is 0 Å². The Kier molecular flexibility index (Phi) is 3.24. The van der Waals surface area contributed by atoms with E-state index < -0.39 is 6.10 Å². The molecule has 5 nitrogen and oxygen atoms in total. The van der Waals surface area contributed by atoms with Crippen molar-refractivity contribution in [2.24, 2.45) is 7.05 Å². The third-order valence-electron chi connectivity index (χ3n) is 2.01. The van der Waals surface area contributed by atoms with Crippen LogP contribution in [0.15, 0.2) is 21.9 Å². The predicted molar refractivity (Wildman–Crippen MR) is 52.2 cm³/mol. The molecule has 1 aromatic rings. The fraction of sp³-hybridized carbons (Fsp3) is 0.556. The molecular weight excluding hydrogens is 184 g/mol. The van der Waals surface area contributed by atoms with E-state index in [1.165, 1.54) is 16.8 Å². The lowest BCUT2D eigenvalue weighted by Crippen LogP contribution is -2.38. The van der Waals surface area contributed by atoms with Crippen LogP contribution in [0.3, 0.4) is 0 Å². The summed E-state index contributed by atoms with van der Waals surface area (Å²) >= 11 is 0. The Morgan fingerprint density at radius 2 is 2.14 bits per heavy atom. The van der Waals surface area contributed by atoms with Gasteiger partial charge in [0.05, 0.1) is 6.10 Å². The molecule has 0 radical (unpaired) electrons. The van der Waals surface area contributed by atoms with E-state index in [0.717, 1.165) is 4.57 Å². The van der Waals surface area contributed by atoms with Gasteiger partial charge in [0.15, 0.2) is 0 Å². The molecule has 0 aliphatic carbocycles. The second kappa shape index (κ2) is 4.23. The van der Waals surface area contributed by atoms with Gasteiger partial charge in [0, 0.05) is 25.9 Å². The Labute approximate surface area is 81.2 Å². The van der Waals surface area contributed by atoms with E-state index in [9.17, 15) is 9.59 Å². The molecule has 0 aromatic carbocycles. The van der Waals surface area contributed by atoms with Crippen molar-refractivity contribution in [2.45, 2.75) is 26.0 Å². The quantitative estimate of drug-likeness (QED) is 0.699. The first-order valence-corrected chi connectivity index (χ1v) is 4.47. The molecule has 0 saturated carbocycles. The molecule has 1 unspecified atom stereocenters. The minimum atomic E-state index is -0.508. The molecule has 0 bridgehead atoms. The monoisotopic (exact) mass is 198 g/mol. The van der Waals surface area contributed by atoms with E-state index in [-0.39, 0.29) is 17.8 Å². The number of nitrogens with zero attached hydrogens (tertiary/aromatic N) is 2. The minimum absolute atomic E-state index is 0.254. The molecule has 0 amide bonds. The highest BCUT2D eigenvalue weighted by Crippen LogP contribution is 1.90. The topological polar surface area (TPSA) is 64.2 Å². The van der Waals surface area contributed by atoms with Crippen LogP contribution < -0.4 is 11.2 Å². The average Bonchev–Trinajstić information content (AvgIpc) is 2.11. The maximum absolute atomic E-state index is 11.4. The van der Waals surface area contributed by atoms with Crippen molar-refractivity contribution in [1.82, 2.24) is 9.13 Å². The van der Waals surface area contributed by atoms with Crippen LogP contribution in [0.5, 0.6) is 0 Å². The Balaban J connectivity index is 3.02. The highest BCUT2D eigenvalue weighted by molar-refractivity contribution is 4.85. The molecule has 1 heterocycles. The normalized spacial score (nSPS) is 12.8. The van der Waals surface area contributed by atoms with Crippen LogP contribution in [0.1, 0.15) is 13.3 Å². The Morgan fingerprint density at radius 3 is 2.71 bits per heavy atom.